The van der Waals surface area contributed by atoms with Gasteiger partial charge in [-0.3, -0.25) is 4.79 Å². The van der Waals surface area contributed by atoms with Crippen LogP contribution >= 0.6 is 11.8 Å². The minimum atomic E-state index is -0.828. The van der Waals surface area contributed by atoms with Crippen molar-refractivity contribution in [3.8, 4) is 0 Å². The highest BCUT2D eigenvalue weighted by Gasteiger charge is 2.56. The Morgan fingerprint density at radius 3 is 2.85 bits per heavy atom. The summed E-state index contributed by atoms with van der Waals surface area (Å²) in [6, 6.07) is 11.0. The zero-order chi connectivity index (χ0) is 18.5. The van der Waals surface area contributed by atoms with Crippen molar-refractivity contribution in [1.82, 2.24) is 5.01 Å². The molecule has 26 heavy (non-hydrogen) atoms. The van der Waals surface area contributed by atoms with Crippen LogP contribution in [0.1, 0.15) is 23.6 Å². The Bertz CT molecular complexity index is 933. The van der Waals surface area contributed by atoms with Crippen LogP contribution in [0.15, 0.2) is 47.6 Å². The van der Waals surface area contributed by atoms with E-state index in [1.165, 1.54) is 23.7 Å². The molecule has 0 bridgehead atoms. The van der Waals surface area contributed by atoms with Crippen LogP contribution in [-0.2, 0) is 16.1 Å². The highest BCUT2D eigenvalue weighted by Crippen LogP contribution is 2.57. The van der Waals surface area contributed by atoms with Gasteiger partial charge in [0, 0.05) is 18.4 Å². The van der Waals surface area contributed by atoms with Gasteiger partial charge in [-0.2, -0.15) is 5.10 Å². The zero-order valence-electron chi connectivity index (χ0n) is 14.1. The fourth-order valence-corrected chi connectivity index (χ4v) is 5.39. The molecule has 0 radical (unpaired) electrons. The van der Waals surface area contributed by atoms with Crippen molar-refractivity contribution in [3.05, 3.63) is 70.8 Å². The number of nitrogens with two attached hydrogens (primary N) is 1. The Morgan fingerprint density at radius 1 is 1.35 bits per heavy atom. The molecule has 2 aromatic rings. The SMILES string of the molecule is CC(=O)N1N=C(c2cc(F)ccc2F)SC12c1ccccc1CC2CN. The first-order valence-electron chi connectivity index (χ1n) is 8.29. The maximum Gasteiger partial charge on any atom is 0.241 e. The van der Waals surface area contributed by atoms with Crippen LogP contribution in [0.25, 0.3) is 0 Å². The molecule has 7 heteroatoms. The van der Waals surface area contributed by atoms with E-state index in [9.17, 15) is 13.6 Å². The van der Waals surface area contributed by atoms with E-state index in [-0.39, 0.29) is 22.4 Å². The first kappa shape index (κ1) is 17.2. The second-order valence-corrected chi connectivity index (χ2v) is 7.67. The topological polar surface area (TPSA) is 58.7 Å². The number of hydrogen-bond acceptors (Lipinski definition) is 4. The van der Waals surface area contributed by atoms with E-state index in [0.29, 0.717) is 13.0 Å². The standard InChI is InChI=1S/C19H17F2N3OS/c1-11(25)24-19(13(10-22)8-12-4-2-3-5-16(12)19)26-18(23-24)15-9-14(20)6-7-17(15)21/h2-7,9,13H,8,10,22H2,1H3. The summed E-state index contributed by atoms with van der Waals surface area (Å²) in [6.07, 6.45) is 0.706. The van der Waals surface area contributed by atoms with Gasteiger partial charge in [-0.05, 0) is 42.3 Å². The molecule has 1 aliphatic carbocycles. The molecule has 134 valence electrons. The molecular formula is C19H17F2N3OS. The Balaban J connectivity index is 1.88. The average molecular weight is 373 g/mol. The lowest BCUT2D eigenvalue weighted by atomic mass is 9.99. The summed E-state index contributed by atoms with van der Waals surface area (Å²) in [5.74, 6) is -1.47. The number of benzene rings is 2. The maximum absolute atomic E-state index is 14.3. The number of carbonyl (C=O) groups is 1. The molecule has 2 aliphatic rings. The minimum Gasteiger partial charge on any atom is -0.330 e. The van der Waals surface area contributed by atoms with Crippen LogP contribution in [0.4, 0.5) is 8.78 Å². The summed E-state index contributed by atoms with van der Waals surface area (Å²) >= 11 is 1.28. The summed E-state index contributed by atoms with van der Waals surface area (Å²) in [5, 5.41) is 6.07. The van der Waals surface area contributed by atoms with Crippen molar-refractivity contribution >= 4 is 22.7 Å². The van der Waals surface area contributed by atoms with Crippen molar-refractivity contribution in [2.75, 3.05) is 6.54 Å². The number of carbonyl (C=O) groups excluding carboxylic acids is 1. The molecular weight excluding hydrogens is 356 g/mol. The molecule has 4 rings (SSSR count). The van der Waals surface area contributed by atoms with Gasteiger partial charge in [-0.25, -0.2) is 13.8 Å². The van der Waals surface area contributed by atoms with E-state index in [4.69, 9.17) is 5.73 Å². The molecule has 2 N–H and O–H groups in total. The van der Waals surface area contributed by atoms with Crippen LogP contribution in [0.2, 0.25) is 0 Å². The molecule has 2 atom stereocenters. The molecule has 0 aromatic heterocycles. The Hall–Kier alpha value is -2.25. The lowest BCUT2D eigenvalue weighted by Gasteiger charge is -2.36. The van der Waals surface area contributed by atoms with E-state index in [1.54, 1.807) is 0 Å². The molecule has 1 amide bonds. The smallest absolute Gasteiger partial charge is 0.241 e. The van der Waals surface area contributed by atoms with E-state index < -0.39 is 16.5 Å². The van der Waals surface area contributed by atoms with E-state index in [0.717, 1.165) is 29.3 Å². The van der Waals surface area contributed by atoms with Crippen LogP contribution in [-0.4, -0.2) is 22.5 Å². The summed E-state index contributed by atoms with van der Waals surface area (Å²) in [5.41, 5.74) is 8.13. The summed E-state index contributed by atoms with van der Waals surface area (Å²) in [6.45, 7) is 1.77. The van der Waals surface area contributed by atoms with E-state index in [2.05, 4.69) is 5.10 Å². The fraction of sp³-hybridized carbons (Fsp3) is 0.263. The Morgan fingerprint density at radius 2 is 2.12 bits per heavy atom. The quantitative estimate of drug-likeness (QED) is 0.879. The van der Waals surface area contributed by atoms with Gasteiger partial charge < -0.3 is 5.73 Å². The first-order chi connectivity index (χ1) is 12.5. The number of hydrazone groups is 1. The third kappa shape index (κ3) is 2.38. The van der Waals surface area contributed by atoms with Gasteiger partial charge in [0.2, 0.25) is 5.91 Å². The predicted octanol–water partition coefficient (Wildman–Crippen LogP) is 3.21. The normalized spacial score (nSPS) is 24.1. The highest BCUT2D eigenvalue weighted by atomic mass is 32.2. The molecule has 0 saturated heterocycles. The fourth-order valence-electron chi connectivity index (χ4n) is 3.79. The molecule has 1 heterocycles. The summed E-state index contributed by atoms with van der Waals surface area (Å²) in [7, 11) is 0. The summed E-state index contributed by atoms with van der Waals surface area (Å²) < 4.78 is 28.0. The second kappa shape index (κ2) is 6.17. The molecule has 4 nitrogen and oxygen atoms in total. The van der Waals surface area contributed by atoms with Crippen molar-refractivity contribution in [3.63, 3.8) is 0 Å². The van der Waals surface area contributed by atoms with Gasteiger partial charge >= 0.3 is 0 Å². The maximum atomic E-state index is 14.3. The van der Waals surface area contributed by atoms with Crippen LogP contribution in [0, 0.1) is 17.6 Å². The number of rotatable bonds is 2. The van der Waals surface area contributed by atoms with Crippen molar-refractivity contribution in [1.29, 1.82) is 0 Å². The Kier molecular flexibility index (Phi) is 4.08. The van der Waals surface area contributed by atoms with Gasteiger partial charge in [0.1, 0.15) is 21.5 Å². The van der Waals surface area contributed by atoms with Gasteiger partial charge in [0.15, 0.2) is 0 Å². The number of hydrogen-bond donors (Lipinski definition) is 1. The van der Waals surface area contributed by atoms with Crippen LogP contribution < -0.4 is 5.73 Å². The van der Waals surface area contributed by atoms with Gasteiger partial charge in [-0.1, -0.05) is 36.0 Å². The van der Waals surface area contributed by atoms with Gasteiger partial charge in [0.05, 0.1) is 0 Å². The van der Waals surface area contributed by atoms with Crippen LogP contribution in [0.5, 0.6) is 0 Å². The van der Waals surface area contributed by atoms with E-state index in [1.807, 2.05) is 24.3 Å². The summed E-state index contributed by atoms with van der Waals surface area (Å²) in [4.78, 5) is 11.6. The number of thioether (sulfide) groups is 1. The monoisotopic (exact) mass is 373 g/mol. The van der Waals surface area contributed by atoms with Gasteiger partial charge in [-0.15, -0.1) is 0 Å². The minimum absolute atomic E-state index is 0.0540. The van der Waals surface area contributed by atoms with Crippen molar-refractivity contribution in [2.45, 2.75) is 18.2 Å². The Labute approximate surface area is 154 Å². The third-order valence-electron chi connectivity index (χ3n) is 4.92. The number of amides is 1. The highest BCUT2D eigenvalue weighted by molar-refractivity contribution is 8.15. The molecule has 0 fully saturated rings. The number of nitrogens with zero attached hydrogens (tertiary/aromatic N) is 2. The first-order valence-corrected chi connectivity index (χ1v) is 9.11. The lowest BCUT2D eigenvalue weighted by molar-refractivity contribution is -0.133. The number of fused-ring (bicyclic) bond motifs is 2. The number of halogens is 2. The van der Waals surface area contributed by atoms with Crippen molar-refractivity contribution in [2.24, 2.45) is 16.8 Å². The largest absolute Gasteiger partial charge is 0.330 e. The zero-order valence-corrected chi connectivity index (χ0v) is 14.9. The van der Waals surface area contributed by atoms with Gasteiger partial charge in [0.25, 0.3) is 0 Å². The van der Waals surface area contributed by atoms with Crippen molar-refractivity contribution < 1.29 is 13.6 Å². The van der Waals surface area contributed by atoms with Crippen LogP contribution in [0.3, 0.4) is 0 Å². The molecule has 1 aliphatic heterocycles. The molecule has 1 spiro atoms. The van der Waals surface area contributed by atoms with E-state index >= 15 is 0 Å². The molecule has 2 unspecified atom stereocenters. The third-order valence-corrected chi connectivity index (χ3v) is 6.45. The molecule has 0 saturated carbocycles. The lowest BCUT2D eigenvalue weighted by Crippen LogP contribution is -2.46. The molecule has 2 aromatic carbocycles. The average Bonchev–Trinajstić information content (AvgIpc) is 3.17. The predicted molar refractivity (Wildman–Crippen MR) is 97.4 cm³/mol. The second-order valence-electron chi connectivity index (χ2n) is 6.45.